The van der Waals surface area contributed by atoms with Crippen LogP contribution >= 0.6 is 0 Å². The number of carboxylic acids is 1. The number of rotatable bonds is 6. The molecule has 1 unspecified atom stereocenters. The van der Waals surface area contributed by atoms with E-state index in [0.29, 0.717) is 13.0 Å². The summed E-state index contributed by atoms with van der Waals surface area (Å²) in [6.07, 6.45) is 0.342. The largest absolute Gasteiger partial charge is 0.481 e. The first-order chi connectivity index (χ1) is 10.8. The number of carbonyl (C=O) groups excluding carboxylic acids is 1. The van der Waals surface area contributed by atoms with Gasteiger partial charge >= 0.3 is 5.97 Å². The van der Waals surface area contributed by atoms with Crippen LogP contribution in [0.15, 0.2) is 29.2 Å². The predicted molar refractivity (Wildman–Crippen MR) is 78.5 cm³/mol. The van der Waals surface area contributed by atoms with E-state index in [9.17, 15) is 22.4 Å². The van der Waals surface area contributed by atoms with Crippen molar-refractivity contribution >= 4 is 21.9 Å². The van der Waals surface area contributed by atoms with Gasteiger partial charge in [-0.2, -0.15) is 0 Å². The summed E-state index contributed by atoms with van der Waals surface area (Å²) in [4.78, 5) is 24.1. The van der Waals surface area contributed by atoms with E-state index in [4.69, 9.17) is 5.11 Å². The second kappa shape index (κ2) is 7.05. The highest BCUT2D eigenvalue weighted by molar-refractivity contribution is 7.89. The van der Waals surface area contributed by atoms with Gasteiger partial charge in [0.05, 0.1) is 10.8 Å². The highest BCUT2D eigenvalue weighted by Crippen LogP contribution is 2.17. The summed E-state index contributed by atoms with van der Waals surface area (Å²) >= 11 is 0. The summed E-state index contributed by atoms with van der Waals surface area (Å²) in [5.41, 5.74) is 0. The molecule has 1 aliphatic heterocycles. The Morgan fingerprint density at radius 2 is 1.96 bits per heavy atom. The Morgan fingerprint density at radius 1 is 1.30 bits per heavy atom. The number of carbonyl (C=O) groups is 2. The van der Waals surface area contributed by atoms with Gasteiger partial charge in [-0.3, -0.25) is 9.59 Å². The summed E-state index contributed by atoms with van der Waals surface area (Å²) in [6, 6.07) is 4.35. The summed E-state index contributed by atoms with van der Waals surface area (Å²) in [5, 5.41) is 8.88. The van der Waals surface area contributed by atoms with Crippen molar-refractivity contribution in [1.82, 2.24) is 9.62 Å². The lowest BCUT2D eigenvalue weighted by Gasteiger charge is -2.16. The van der Waals surface area contributed by atoms with Crippen molar-refractivity contribution in [1.29, 1.82) is 0 Å². The molecule has 1 aromatic carbocycles. The van der Waals surface area contributed by atoms with Crippen LogP contribution in [0.3, 0.4) is 0 Å². The molecule has 0 aliphatic carbocycles. The van der Waals surface area contributed by atoms with Crippen molar-refractivity contribution in [2.75, 3.05) is 19.6 Å². The van der Waals surface area contributed by atoms with Gasteiger partial charge in [-0.05, 0) is 30.7 Å². The smallest absolute Gasteiger partial charge is 0.308 e. The minimum absolute atomic E-state index is 0.0627. The molecule has 0 saturated carbocycles. The number of likely N-dealkylation sites (tertiary alicyclic amines) is 1. The van der Waals surface area contributed by atoms with Crippen LogP contribution in [0.5, 0.6) is 0 Å². The van der Waals surface area contributed by atoms with Crippen molar-refractivity contribution < 1.29 is 27.5 Å². The Morgan fingerprint density at radius 3 is 2.52 bits per heavy atom. The van der Waals surface area contributed by atoms with Gasteiger partial charge in [0.15, 0.2) is 0 Å². The minimum Gasteiger partial charge on any atom is -0.481 e. The van der Waals surface area contributed by atoms with E-state index in [2.05, 4.69) is 4.72 Å². The number of aliphatic carboxylic acids is 1. The number of amides is 1. The standard InChI is InChI=1S/C14H17FN2O5S/c15-11-1-3-12(4-2-11)23(21,22)16-7-5-13(18)17-8-6-10(9-17)14(19)20/h1-4,10,16H,5-9H2,(H,19,20). The molecule has 1 saturated heterocycles. The molecule has 1 aromatic rings. The Balaban J connectivity index is 1.83. The predicted octanol–water partition coefficient (Wildman–Crippen LogP) is 0.427. The minimum atomic E-state index is -3.80. The molecular weight excluding hydrogens is 327 g/mol. The monoisotopic (exact) mass is 344 g/mol. The molecule has 23 heavy (non-hydrogen) atoms. The van der Waals surface area contributed by atoms with Crippen LogP contribution < -0.4 is 4.72 Å². The first-order valence-electron chi connectivity index (χ1n) is 7.05. The molecule has 1 heterocycles. The lowest BCUT2D eigenvalue weighted by Crippen LogP contribution is -2.33. The van der Waals surface area contributed by atoms with E-state index >= 15 is 0 Å². The SMILES string of the molecule is O=C(O)C1CCN(C(=O)CCNS(=O)(=O)c2ccc(F)cc2)C1. The third-order valence-electron chi connectivity index (χ3n) is 3.65. The molecule has 2 N–H and O–H groups in total. The normalized spacial score (nSPS) is 18.1. The average Bonchev–Trinajstić information content (AvgIpc) is 2.97. The highest BCUT2D eigenvalue weighted by atomic mass is 32.2. The Bertz CT molecular complexity index is 690. The van der Waals surface area contributed by atoms with Crippen molar-refractivity contribution in [3.05, 3.63) is 30.1 Å². The second-order valence-electron chi connectivity index (χ2n) is 5.27. The number of benzene rings is 1. The van der Waals surface area contributed by atoms with Crippen molar-refractivity contribution in [2.45, 2.75) is 17.7 Å². The fourth-order valence-corrected chi connectivity index (χ4v) is 3.37. The first-order valence-corrected chi connectivity index (χ1v) is 8.54. The van der Waals surface area contributed by atoms with Crippen LogP contribution in [-0.4, -0.2) is 49.9 Å². The van der Waals surface area contributed by atoms with Gasteiger partial charge < -0.3 is 10.0 Å². The van der Waals surface area contributed by atoms with Crippen molar-refractivity contribution in [2.24, 2.45) is 5.92 Å². The van der Waals surface area contributed by atoms with Crippen molar-refractivity contribution in [3.8, 4) is 0 Å². The average molecular weight is 344 g/mol. The van der Waals surface area contributed by atoms with Crippen LogP contribution in [0.2, 0.25) is 0 Å². The number of halogens is 1. The number of hydrogen-bond donors (Lipinski definition) is 2. The fraction of sp³-hybridized carbons (Fsp3) is 0.429. The zero-order valence-electron chi connectivity index (χ0n) is 12.2. The maximum absolute atomic E-state index is 12.8. The molecule has 1 atom stereocenters. The van der Waals surface area contributed by atoms with Gasteiger partial charge in [0.2, 0.25) is 15.9 Å². The van der Waals surface area contributed by atoms with E-state index in [-0.39, 0.29) is 30.3 Å². The van der Waals surface area contributed by atoms with Crippen LogP contribution in [0.25, 0.3) is 0 Å². The molecule has 0 radical (unpaired) electrons. The molecule has 2 rings (SSSR count). The van der Waals surface area contributed by atoms with Gasteiger partial charge in [0.1, 0.15) is 5.82 Å². The Hall–Kier alpha value is -2.00. The number of sulfonamides is 1. The molecule has 7 nitrogen and oxygen atoms in total. The molecular formula is C14H17FN2O5S. The molecule has 1 fully saturated rings. The second-order valence-corrected chi connectivity index (χ2v) is 7.03. The van der Waals surface area contributed by atoms with Gasteiger partial charge in [-0.15, -0.1) is 0 Å². The molecule has 0 spiro atoms. The molecule has 126 valence electrons. The third-order valence-corrected chi connectivity index (χ3v) is 5.12. The van der Waals surface area contributed by atoms with Gasteiger partial charge in [-0.1, -0.05) is 0 Å². The number of hydrogen-bond acceptors (Lipinski definition) is 4. The first kappa shape index (κ1) is 17.4. The Labute approximate surface area is 133 Å². The zero-order chi connectivity index (χ0) is 17.0. The molecule has 1 amide bonds. The summed E-state index contributed by atoms with van der Waals surface area (Å²) in [6.45, 7) is 0.409. The number of nitrogens with one attached hydrogen (secondary N) is 1. The van der Waals surface area contributed by atoms with E-state index in [1.165, 1.54) is 4.90 Å². The molecule has 0 aromatic heterocycles. The summed E-state index contributed by atoms with van der Waals surface area (Å²) in [5.74, 6) is -2.33. The third kappa shape index (κ3) is 4.49. The molecule has 0 bridgehead atoms. The quantitative estimate of drug-likeness (QED) is 0.779. The summed E-state index contributed by atoms with van der Waals surface area (Å²) in [7, 11) is -3.80. The number of nitrogens with zero attached hydrogens (tertiary/aromatic N) is 1. The Kier molecular flexibility index (Phi) is 5.32. The van der Waals surface area contributed by atoms with E-state index in [1.807, 2.05) is 0 Å². The lowest BCUT2D eigenvalue weighted by atomic mass is 10.1. The maximum Gasteiger partial charge on any atom is 0.308 e. The van der Waals surface area contributed by atoms with Crippen LogP contribution in [0.1, 0.15) is 12.8 Å². The maximum atomic E-state index is 12.8. The highest BCUT2D eigenvalue weighted by Gasteiger charge is 2.30. The molecule has 9 heteroatoms. The molecule has 1 aliphatic rings. The van der Waals surface area contributed by atoms with E-state index < -0.39 is 27.7 Å². The van der Waals surface area contributed by atoms with Crippen LogP contribution in [-0.2, 0) is 19.6 Å². The fourth-order valence-electron chi connectivity index (χ4n) is 2.34. The summed E-state index contributed by atoms with van der Waals surface area (Å²) < 4.78 is 39.0. The zero-order valence-corrected chi connectivity index (χ0v) is 13.1. The topological polar surface area (TPSA) is 104 Å². The van der Waals surface area contributed by atoms with Crippen molar-refractivity contribution in [3.63, 3.8) is 0 Å². The van der Waals surface area contributed by atoms with Gasteiger partial charge in [0.25, 0.3) is 0 Å². The lowest BCUT2D eigenvalue weighted by molar-refractivity contribution is -0.141. The van der Waals surface area contributed by atoms with Crippen LogP contribution in [0.4, 0.5) is 4.39 Å². The van der Waals surface area contributed by atoms with Crippen LogP contribution in [0, 0.1) is 11.7 Å². The van der Waals surface area contributed by atoms with Gasteiger partial charge in [0, 0.05) is 26.1 Å². The van der Waals surface area contributed by atoms with E-state index in [1.54, 1.807) is 0 Å². The van der Waals surface area contributed by atoms with E-state index in [0.717, 1.165) is 24.3 Å². The number of carboxylic acid groups (broad SMARTS) is 1. The van der Waals surface area contributed by atoms with Gasteiger partial charge in [-0.25, -0.2) is 17.5 Å².